The number of methoxy groups -OCH3 is 1. The average molecular weight is 320 g/mol. The molecular weight excluding hydrogens is 300 g/mol. The Balaban J connectivity index is 1.89. The zero-order chi connectivity index (χ0) is 15.9. The van der Waals surface area contributed by atoms with Crippen LogP contribution in [0, 0.1) is 0 Å². The first-order valence-corrected chi connectivity index (χ1v) is 7.94. The molecule has 0 aliphatic heterocycles. The van der Waals surface area contributed by atoms with Crippen LogP contribution in [0.2, 0.25) is 0 Å². The number of aromatic nitrogens is 2. The Morgan fingerprint density at radius 2 is 2.27 bits per heavy atom. The van der Waals surface area contributed by atoms with Gasteiger partial charge in [-0.1, -0.05) is 0 Å². The van der Waals surface area contributed by atoms with Gasteiger partial charge in [-0.3, -0.25) is 9.69 Å². The molecule has 0 bridgehead atoms. The van der Waals surface area contributed by atoms with Crippen molar-refractivity contribution in [3.8, 4) is 5.88 Å². The third-order valence-electron chi connectivity index (χ3n) is 3.11. The van der Waals surface area contributed by atoms with E-state index < -0.39 is 0 Å². The largest absolute Gasteiger partial charge is 0.481 e. The number of pyridine rings is 1. The van der Waals surface area contributed by atoms with Crippen LogP contribution in [0.1, 0.15) is 25.1 Å². The van der Waals surface area contributed by atoms with E-state index in [1.165, 1.54) is 11.3 Å². The van der Waals surface area contributed by atoms with Gasteiger partial charge >= 0.3 is 0 Å². The van der Waals surface area contributed by atoms with Crippen molar-refractivity contribution in [1.29, 1.82) is 0 Å². The molecule has 6 nitrogen and oxygen atoms in total. The van der Waals surface area contributed by atoms with Crippen LogP contribution in [-0.2, 0) is 17.9 Å². The molecule has 0 aromatic carbocycles. The van der Waals surface area contributed by atoms with Crippen molar-refractivity contribution < 1.29 is 9.53 Å². The van der Waals surface area contributed by atoms with Crippen LogP contribution in [0.4, 0.5) is 5.13 Å². The summed E-state index contributed by atoms with van der Waals surface area (Å²) in [6.07, 6.45) is 1.72. The smallest absolute Gasteiger partial charge is 0.225 e. The summed E-state index contributed by atoms with van der Waals surface area (Å²) >= 11 is 1.49. The molecule has 2 aromatic heterocycles. The van der Waals surface area contributed by atoms with Crippen LogP contribution in [0.5, 0.6) is 5.88 Å². The fourth-order valence-electron chi connectivity index (χ4n) is 2.00. The lowest BCUT2D eigenvalue weighted by Crippen LogP contribution is -2.27. The molecule has 0 saturated carbocycles. The molecule has 2 heterocycles. The van der Waals surface area contributed by atoms with Crippen molar-refractivity contribution in [2.24, 2.45) is 0 Å². The van der Waals surface area contributed by atoms with E-state index >= 15 is 0 Å². The molecule has 0 aliphatic carbocycles. The van der Waals surface area contributed by atoms with Gasteiger partial charge in [0.25, 0.3) is 0 Å². The minimum Gasteiger partial charge on any atom is -0.481 e. The van der Waals surface area contributed by atoms with Crippen LogP contribution in [-0.4, -0.2) is 29.5 Å². The highest BCUT2D eigenvalue weighted by Crippen LogP contribution is 2.20. The van der Waals surface area contributed by atoms with Gasteiger partial charge in [0.2, 0.25) is 11.8 Å². The fourth-order valence-corrected chi connectivity index (χ4v) is 2.93. The van der Waals surface area contributed by atoms with Gasteiger partial charge < -0.3 is 10.1 Å². The van der Waals surface area contributed by atoms with E-state index in [0.29, 0.717) is 25.5 Å². The maximum atomic E-state index is 11.5. The van der Waals surface area contributed by atoms with Gasteiger partial charge in [0.1, 0.15) is 0 Å². The summed E-state index contributed by atoms with van der Waals surface area (Å²) in [5.74, 6) is 0.621. The number of nitrogens with one attached hydrogen (secondary N) is 1. The van der Waals surface area contributed by atoms with Gasteiger partial charge in [-0.25, -0.2) is 9.97 Å². The Morgan fingerprint density at radius 1 is 1.45 bits per heavy atom. The number of nitrogens with zero attached hydrogens (tertiary/aromatic N) is 3. The normalized spacial score (nSPS) is 10.5. The van der Waals surface area contributed by atoms with Crippen molar-refractivity contribution in [2.75, 3.05) is 18.6 Å². The number of rotatable bonds is 7. The molecular formula is C15H20N4O2S. The number of carbonyl (C=O) groups excluding carboxylic acids is 1. The molecule has 118 valence electrons. The number of anilines is 1. The fraction of sp³-hybridized carbons (Fsp3) is 0.400. The molecule has 22 heavy (non-hydrogen) atoms. The summed E-state index contributed by atoms with van der Waals surface area (Å²) in [5, 5.41) is 6.05. The summed E-state index contributed by atoms with van der Waals surface area (Å²) < 4.78 is 5.10. The third kappa shape index (κ3) is 4.25. The van der Waals surface area contributed by atoms with Crippen LogP contribution in [0.3, 0.4) is 0 Å². The van der Waals surface area contributed by atoms with E-state index in [2.05, 4.69) is 15.3 Å². The molecule has 0 atom stereocenters. The third-order valence-corrected chi connectivity index (χ3v) is 4.02. The number of ether oxygens (including phenoxy) is 1. The summed E-state index contributed by atoms with van der Waals surface area (Å²) in [6.45, 7) is 5.48. The van der Waals surface area contributed by atoms with E-state index in [9.17, 15) is 4.79 Å². The highest BCUT2D eigenvalue weighted by atomic mass is 32.1. The van der Waals surface area contributed by atoms with Crippen LogP contribution in [0.25, 0.3) is 0 Å². The minimum atomic E-state index is 0.0141. The minimum absolute atomic E-state index is 0.0141. The molecule has 1 N–H and O–H groups in total. The zero-order valence-corrected chi connectivity index (χ0v) is 13.8. The maximum Gasteiger partial charge on any atom is 0.225 e. The van der Waals surface area contributed by atoms with Crippen LogP contribution < -0.4 is 15.0 Å². The van der Waals surface area contributed by atoms with E-state index in [-0.39, 0.29) is 5.91 Å². The lowest BCUT2D eigenvalue weighted by atomic mass is 10.2. The molecule has 0 unspecified atom stereocenters. The second-order valence-corrected chi connectivity index (χ2v) is 5.53. The lowest BCUT2D eigenvalue weighted by molar-refractivity contribution is -0.116. The first kappa shape index (κ1) is 16.4. The first-order chi connectivity index (χ1) is 10.6. The predicted octanol–water partition coefficient (Wildman–Crippen LogP) is 2.21. The summed E-state index contributed by atoms with van der Waals surface area (Å²) in [5.41, 5.74) is 2.03. The zero-order valence-electron chi connectivity index (χ0n) is 13.0. The van der Waals surface area contributed by atoms with Crippen molar-refractivity contribution >= 4 is 22.4 Å². The van der Waals surface area contributed by atoms with E-state index in [4.69, 9.17) is 4.74 Å². The summed E-state index contributed by atoms with van der Waals surface area (Å²) in [4.78, 5) is 21.7. The van der Waals surface area contributed by atoms with Crippen molar-refractivity contribution in [2.45, 2.75) is 26.9 Å². The molecule has 0 radical (unpaired) electrons. The topological polar surface area (TPSA) is 67.4 Å². The average Bonchev–Trinajstić information content (AvgIpc) is 2.96. The number of amides is 1. The number of hydrogen-bond acceptors (Lipinski definition) is 6. The first-order valence-electron chi connectivity index (χ1n) is 7.06. The van der Waals surface area contributed by atoms with Gasteiger partial charge in [-0.05, 0) is 18.6 Å². The van der Waals surface area contributed by atoms with E-state index in [1.807, 2.05) is 24.4 Å². The van der Waals surface area contributed by atoms with Crippen LogP contribution >= 0.6 is 11.3 Å². The van der Waals surface area contributed by atoms with Gasteiger partial charge in [0.15, 0.2) is 5.13 Å². The summed E-state index contributed by atoms with van der Waals surface area (Å²) in [6, 6.07) is 3.84. The Hall–Kier alpha value is -1.99. The molecule has 0 spiro atoms. The lowest BCUT2D eigenvalue weighted by Gasteiger charge is -2.14. The molecule has 0 aliphatic rings. The van der Waals surface area contributed by atoms with E-state index in [0.717, 1.165) is 16.4 Å². The van der Waals surface area contributed by atoms with Crippen molar-refractivity contribution in [1.82, 2.24) is 15.3 Å². The molecule has 0 fully saturated rings. The highest BCUT2D eigenvalue weighted by molar-refractivity contribution is 7.14. The van der Waals surface area contributed by atoms with Gasteiger partial charge in [0.05, 0.1) is 12.8 Å². The second-order valence-electron chi connectivity index (χ2n) is 4.69. The second kappa shape index (κ2) is 7.86. The van der Waals surface area contributed by atoms with Gasteiger partial charge in [-0.2, -0.15) is 0 Å². The standard InChI is InChI=1S/C15H20N4O2S/c1-4-19(11(2)20)15-18-13(10-22-15)9-16-8-12-5-6-17-14(7-12)21-3/h5-7,10,16H,4,8-9H2,1-3H3. The Bertz CT molecular complexity index is 630. The molecule has 2 rings (SSSR count). The highest BCUT2D eigenvalue weighted by Gasteiger charge is 2.13. The SMILES string of the molecule is CCN(C(C)=O)c1nc(CNCc2ccnc(OC)c2)cs1. The quantitative estimate of drug-likeness (QED) is 0.847. The summed E-state index contributed by atoms with van der Waals surface area (Å²) in [7, 11) is 1.60. The monoisotopic (exact) mass is 320 g/mol. The molecule has 0 saturated heterocycles. The number of hydrogen-bond donors (Lipinski definition) is 1. The van der Waals surface area contributed by atoms with Crippen molar-refractivity contribution in [3.05, 3.63) is 35.0 Å². The number of thiazole rings is 1. The Kier molecular flexibility index (Phi) is 5.85. The van der Waals surface area contributed by atoms with Crippen LogP contribution in [0.15, 0.2) is 23.7 Å². The Morgan fingerprint density at radius 3 is 2.95 bits per heavy atom. The van der Waals surface area contributed by atoms with E-state index in [1.54, 1.807) is 25.1 Å². The molecule has 2 aromatic rings. The van der Waals surface area contributed by atoms with Crippen molar-refractivity contribution in [3.63, 3.8) is 0 Å². The predicted molar refractivity (Wildman–Crippen MR) is 87.1 cm³/mol. The maximum absolute atomic E-state index is 11.5. The molecule has 7 heteroatoms. The Labute approximate surface area is 134 Å². The van der Waals surface area contributed by atoms with Gasteiger partial charge in [0, 0.05) is 44.2 Å². The number of carbonyl (C=O) groups is 1. The molecule has 1 amide bonds. The van der Waals surface area contributed by atoms with Gasteiger partial charge in [-0.15, -0.1) is 11.3 Å².